The molecule has 2 heterocycles. The van der Waals surface area contributed by atoms with Gasteiger partial charge in [-0.1, -0.05) is 13.3 Å². The summed E-state index contributed by atoms with van der Waals surface area (Å²) >= 11 is 0. The predicted molar refractivity (Wildman–Crippen MR) is 129 cm³/mol. The second-order valence-electron chi connectivity index (χ2n) is 8.90. The normalized spacial score (nSPS) is 18.6. The quantitative estimate of drug-likeness (QED) is 0.516. The van der Waals surface area contributed by atoms with Crippen molar-refractivity contribution in [3.8, 4) is 0 Å². The Labute approximate surface area is 192 Å². The third kappa shape index (κ3) is 7.08. The first kappa shape index (κ1) is 24.8. The Morgan fingerprint density at radius 3 is 2.38 bits per heavy atom. The highest BCUT2D eigenvalue weighted by Crippen LogP contribution is 2.25. The Bertz CT molecular complexity index is 817. The van der Waals surface area contributed by atoms with Gasteiger partial charge in [0.15, 0.2) is 0 Å². The predicted octanol–water partition coefficient (Wildman–Crippen LogP) is 2.22. The number of carboxylic acid groups (broad SMARTS) is 1. The van der Waals surface area contributed by atoms with Gasteiger partial charge in [0.25, 0.3) is 0 Å². The van der Waals surface area contributed by atoms with Gasteiger partial charge in [-0.2, -0.15) is 0 Å². The Balaban J connectivity index is 1.55. The second-order valence-corrected chi connectivity index (χ2v) is 10.9. The zero-order valence-corrected chi connectivity index (χ0v) is 20.0. The number of carboxylic acids is 1. The van der Waals surface area contributed by atoms with E-state index < -0.39 is 22.5 Å². The third-order valence-corrected chi connectivity index (χ3v) is 8.37. The maximum Gasteiger partial charge on any atom is 0.324 e. The molecule has 0 bridgehead atoms. The van der Waals surface area contributed by atoms with Crippen molar-refractivity contribution in [1.29, 1.82) is 0 Å². The molecule has 2 aliphatic heterocycles. The van der Waals surface area contributed by atoms with Crippen LogP contribution in [-0.4, -0.2) is 82.5 Å². The van der Waals surface area contributed by atoms with Gasteiger partial charge >= 0.3 is 5.97 Å². The zero-order chi connectivity index (χ0) is 23.0. The molecule has 0 saturated carbocycles. The SMILES string of the molecule is CCCCS(=O)(=O)N(CC(=O)O)c1ccc(N2CCN(CCC3CCNCC3)CC2)cc1. The molecule has 0 atom stereocenters. The van der Waals surface area contributed by atoms with Crippen LogP contribution in [-0.2, 0) is 14.8 Å². The molecular weight excluding hydrogens is 428 g/mol. The van der Waals surface area contributed by atoms with Crippen molar-refractivity contribution in [2.24, 2.45) is 5.92 Å². The smallest absolute Gasteiger partial charge is 0.324 e. The molecule has 3 rings (SSSR count). The first-order chi connectivity index (χ1) is 15.4. The van der Waals surface area contributed by atoms with Gasteiger partial charge in [-0.05, 0) is 75.5 Å². The molecule has 0 amide bonds. The van der Waals surface area contributed by atoms with Crippen molar-refractivity contribution in [1.82, 2.24) is 10.2 Å². The average Bonchev–Trinajstić information content (AvgIpc) is 2.81. The molecule has 2 saturated heterocycles. The molecule has 0 radical (unpaired) electrons. The monoisotopic (exact) mass is 466 g/mol. The molecule has 1 aromatic carbocycles. The van der Waals surface area contributed by atoms with Crippen LogP contribution in [0.3, 0.4) is 0 Å². The first-order valence-corrected chi connectivity index (χ1v) is 13.5. The summed E-state index contributed by atoms with van der Waals surface area (Å²) in [5.74, 6) is -0.350. The number of rotatable bonds is 11. The highest BCUT2D eigenvalue weighted by atomic mass is 32.2. The summed E-state index contributed by atoms with van der Waals surface area (Å²) in [6.45, 7) is 8.78. The van der Waals surface area contributed by atoms with Gasteiger partial charge in [0.05, 0.1) is 11.4 Å². The molecule has 32 heavy (non-hydrogen) atoms. The number of anilines is 2. The third-order valence-electron chi connectivity index (χ3n) is 6.56. The van der Waals surface area contributed by atoms with Crippen LogP contribution in [0.25, 0.3) is 0 Å². The van der Waals surface area contributed by atoms with Gasteiger partial charge < -0.3 is 15.3 Å². The molecule has 0 aromatic heterocycles. The summed E-state index contributed by atoms with van der Waals surface area (Å²) in [5.41, 5.74) is 1.46. The van der Waals surface area contributed by atoms with Gasteiger partial charge in [-0.25, -0.2) is 8.42 Å². The van der Waals surface area contributed by atoms with Crippen molar-refractivity contribution < 1.29 is 18.3 Å². The van der Waals surface area contributed by atoms with E-state index >= 15 is 0 Å². The minimum absolute atomic E-state index is 0.0438. The molecule has 1 aromatic rings. The minimum atomic E-state index is -3.67. The lowest BCUT2D eigenvalue weighted by Gasteiger charge is -2.37. The molecule has 0 spiro atoms. The molecule has 0 aliphatic carbocycles. The van der Waals surface area contributed by atoms with E-state index in [9.17, 15) is 18.3 Å². The van der Waals surface area contributed by atoms with Gasteiger partial charge in [-0.15, -0.1) is 0 Å². The van der Waals surface area contributed by atoms with Gasteiger partial charge in [0.2, 0.25) is 10.0 Å². The lowest BCUT2D eigenvalue weighted by molar-refractivity contribution is -0.135. The van der Waals surface area contributed by atoms with Crippen LogP contribution < -0.4 is 14.5 Å². The van der Waals surface area contributed by atoms with Crippen LogP contribution in [0.2, 0.25) is 0 Å². The molecule has 2 N–H and O–H groups in total. The fourth-order valence-electron chi connectivity index (χ4n) is 4.50. The minimum Gasteiger partial charge on any atom is -0.480 e. The van der Waals surface area contributed by atoms with Crippen molar-refractivity contribution in [2.75, 3.05) is 67.3 Å². The summed E-state index contributed by atoms with van der Waals surface area (Å²) in [4.78, 5) is 16.1. The van der Waals surface area contributed by atoms with E-state index in [-0.39, 0.29) is 5.75 Å². The number of carbonyl (C=O) groups is 1. The number of nitrogens with one attached hydrogen (secondary N) is 1. The van der Waals surface area contributed by atoms with Crippen molar-refractivity contribution in [3.63, 3.8) is 0 Å². The average molecular weight is 467 g/mol. The molecule has 8 nitrogen and oxygen atoms in total. The van der Waals surface area contributed by atoms with Crippen LogP contribution in [0.1, 0.15) is 39.0 Å². The largest absolute Gasteiger partial charge is 0.480 e. The van der Waals surface area contributed by atoms with Crippen LogP contribution in [0.4, 0.5) is 11.4 Å². The molecular formula is C23H38N4O4S. The number of unbranched alkanes of at least 4 members (excludes halogenated alkanes) is 1. The standard InChI is InChI=1S/C23H38N4O4S/c1-2-3-18-32(30,31)27(19-23(28)29)22-6-4-21(5-7-22)26-16-14-25(15-17-26)13-10-20-8-11-24-12-9-20/h4-7,20,24H,2-3,8-19H2,1H3,(H,28,29). The Kier molecular flexibility index (Phi) is 9.19. The number of piperazine rings is 1. The summed E-state index contributed by atoms with van der Waals surface area (Å²) in [6.07, 6.45) is 5.11. The molecule has 2 fully saturated rings. The number of nitrogens with zero attached hydrogens (tertiary/aromatic N) is 3. The molecule has 9 heteroatoms. The Morgan fingerprint density at radius 2 is 1.78 bits per heavy atom. The van der Waals surface area contributed by atoms with Crippen LogP contribution in [0, 0.1) is 5.92 Å². The summed E-state index contributed by atoms with van der Waals surface area (Å²) in [7, 11) is -3.67. The summed E-state index contributed by atoms with van der Waals surface area (Å²) < 4.78 is 26.4. The number of aliphatic carboxylic acids is 1. The van der Waals surface area contributed by atoms with E-state index in [0.717, 1.165) is 68.1 Å². The Hall–Kier alpha value is -1.84. The van der Waals surface area contributed by atoms with Crippen LogP contribution in [0.5, 0.6) is 0 Å². The maximum absolute atomic E-state index is 12.7. The van der Waals surface area contributed by atoms with E-state index in [0.29, 0.717) is 12.1 Å². The van der Waals surface area contributed by atoms with E-state index in [2.05, 4.69) is 15.1 Å². The zero-order valence-electron chi connectivity index (χ0n) is 19.2. The lowest BCUT2D eigenvalue weighted by Crippen LogP contribution is -2.47. The number of benzene rings is 1. The highest BCUT2D eigenvalue weighted by molar-refractivity contribution is 7.92. The van der Waals surface area contributed by atoms with Gasteiger partial charge in [0, 0.05) is 31.9 Å². The lowest BCUT2D eigenvalue weighted by atomic mass is 9.94. The number of hydrogen-bond acceptors (Lipinski definition) is 6. The Morgan fingerprint density at radius 1 is 1.12 bits per heavy atom. The fraction of sp³-hybridized carbons (Fsp3) is 0.696. The highest BCUT2D eigenvalue weighted by Gasteiger charge is 2.25. The number of sulfonamides is 1. The molecule has 180 valence electrons. The first-order valence-electron chi connectivity index (χ1n) is 11.9. The fourth-order valence-corrected chi connectivity index (χ4v) is 6.13. The molecule has 2 aliphatic rings. The van der Waals surface area contributed by atoms with Crippen LogP contribution in [0.15, 0.2) is 24.3 Å². The summed E-state index contributed by atoms with van der Waals surface area (Å²) in [6, 6.07) is 7.27. The van der Waals surface area contributed by atoms with E-state index in [4.69, 9.17) is 0 Å². The van der Waals surface area contributed by atoms with Gasteiger partial charge in [0.1, 0.15) is 6.54 Å². The molecule has 0 unspecified atom stereocenters. The van der Waals surface area contributed by atoms with Crippen LogP contribution >= 0.6 is 0 Å². The van der Waals surface area contributed by atoms with E-state index in [1.54, 1.807) is 12.1 Å². The van der Waals surface area contributed by atoms with Crippen molar-refractivity contribution >= 4 is 27.4 Å². The van der Waals surface area contributed by atoms with E-state index in [1.807, 2.05) is 19.1 Å². The van der Waals surface area contributed by atoms with Gasteiger partial charge in [-0.3, -0.25) is 14.0 Å². The topological polar surface area (TPSA) is 93.2 Å². The summed E-state index contributed by atoms with van der Waals surface area (Å²) in [5, 5.41) is 12.7. The second kappa shape index (κ2) is 11.9. The van der Waals surface area contributed by atoms with Crippen molar-refractivity contribution in [3.05, 3.63) is 24.3 Å². The number of hydrogen-bond donors (Lipinski definition) is 2. The maximum atomic E-state index is 12.7. The van der Waals surface area contributed by atoms with Crippen molar-refractivity contribution in [2.45, 2.75) is 39.0 Å². The van der Waals surface area contributed by atoms with E-state index in [1.165, 1.54) is 19.3 Å². The number of piperidine rings is 1.